The molecule has 33 heavy (non-hydrogen) atoms. The Balaban J connectivity index is 1.44. The Morgan fingerprint density at radius 1 is 1.00 bits per heavy atom. The van der Waals surface area contributed by atoms with Gasteiger partial charge in [0.15, 0.2) is 6.61 Å². The summed E-state index contributed by atoms with van der Waals surface area (Å²) in [6.45, 7) is 3.32. The maximum atomic E-state index is 13.0. The van der Waals surface area contributed by atoms with Gasteiger partial charge in [-0.3, -0.25) is 19.3 Å². The van der Waals surface area contributed by atoms with Crippen molar-refractivity contribution in [3.05, 3.63) is 54.6 Å². The maximum absolute atomic E-state index is 13.0. The Morgan fingerprint density at radius 3 is 2.30 bits per heavy atom. The van der Waals surface area contributed by atoms with Crippen LogP contribution in [0.4, 0.5) is 5.69 Å². The highest BCUT2D eigenvalue weighted by atomic mass is 16.5. The minimum absolute atomic E-state index is 0.0495. The first-order valence-corrected chi connectivity index (χ1v) is 11.3. The van der Waals surface area contributed by atoms with Crippen LogP contribution >= 0.6 is 0 Å². The third-order valence-corrected chi connectivity index (χ3v) is 6.23. The fourth-order valence-corrected chi connectivity index (χ4v) is 4.64. The van der Waals surface area contributed by atoms with Crippen LogP contribution in [0.5, 0.6) is 0 Å². The smallest absolute Gasteiger partial charge is 0.329 e. The van der Waals surface area contributed by atoms with Crippen LogP contribution < -0.4 is 5.32 Å². The molecule has 1 N–H and O–H groups in total. The predicted molar refractivity (Wildman–Crippen MR) is 124 cm³/mol. The summed E-state index contributed by atoms with van der Waals surface area (Å²) in [5, 5.41) is 4.63. The molecular weight excluding hydrogens is 420 g/mol. The van der Waals surface area contributed by atoms with Crippen molar-refractivity contribution >= 4 is 40.2 Å². The first-order valence-electron chi connectivity index (χ1n) is 11.3. The second-order valence-corrected chi connectivity index (χ2v) is 9.03. The topological polar surface area (TPSA) is 92.8 Å². The number of carbonyl (C=O) groups is 4. The summed E-state index contributed by atoms with van der Waals surface area (Å²) in [7, 11) is 0. The van der Waals surface area contributed by atoms with E-state index in [1.165, 1.54) is 0 Å². The van der Waals surface area contributed by atoms with E-state index in [0.717, 1.165) is 15.7 Å². The second kappa shape index (κ2) is 9.57. The van der Waals surface area contributed by atoms with Gasteiger partial charge in [-0.05, 0) is 36.6 Å². The van der Waals surface area contributed by atoms with Gasteiger partial charge in [0.2, 0.25) is 11.8 Å². The molecule has 7 nitrogen and oxygen atoms in total. The van der Waals surface area contributed by atoms with E-state index in [9.17, 15) is 19.2 Å². The Hall–Kier alpha value is -3.48. The molecule has 0 spiro atoms. The summed E-state index contributed by atoms with van der Waals surface area (Å²) in [6.07, 6.45) is 5.10. The van der Waals surface area contributed by atoms with E-state index in [1.807, 2.05) is 62.4 Å². The number of carbonyl (C=O) groups excluding carboxylic acids is 4. The van der Waals surface area contributed by atoms with E-state index in [0.29, 0.717) is 18.5 Å². The van der Waals surface area contributed by atoms with Crippen molar-refractivity contribution in [3.63, 3.8) is 0 Å². The molecule has 7 heteroatoms. The zero-order chi connectivity index (χ0) is 23.5. The van der Waals surface area contributed by atoms with Crippen molar-refractivity contribution < 1.29 is 23.9 Å². The number of anilines is 1. The Morgan fingerprint density at radius 2 is 1.64 bits per heavy atom. The largest absolute Gasteiger partial charge is 0.454 e. The number of imide groups is 1. The van der Waals surface area contributed by atoms with E-state index >= 15 is 0 Å². The zero-order valence-electron chi connectivity index (χ0n) is 18.8. The van der Waals surface area contributed by atoms with Gasteiger partial charge in [-0.25, -0.2) is 4.79 Å². The molecule has 2 aliphatic rings. The highest BCUT2D eigenvalue weighted by Crippen LogP contribution is 2.37. The third kappa shape index (κ3) is 4.67. The highest BCUT2D eigenvalue weighted by Gasteiger charge is 2.51. The molecule has 2 aromatic carbocycles. The lowest BCUT2D eigenvalue weighted by Crippen LogP contribution is -2.47. The van der Waals surface area contributed by atoms with E-state index in [2.05, 4.69) is 5.32 Å². The lowest BCUT2D eigenvalue weighted by atomic mass is 9.85. The summed E-state index contributed by atoms with van der Waals surface area (Å²) >= 11 is 0. The van der Waals surface area contributed by atoms with E-state index in [1.54, 1.807) is 6.07 Å². The number of hydrogen-bond acceptors (Lipinski definition) is 5. The van der Waals surface area contributed by atoms with Crippen LogP contribution in [0, 0.1) is 17.8 Å². The lowest BCUT2D eigenvalue weighted by molar-refractivity contribution is -0.160. The summed E-state index contributed by atoms with van der Waals surface area (Å²) < 4.78 is 5.30. The lowest BCUT2D eigenvalue weighted by Gasteiger charge is -2.26. The summed E-state index contributed by atoms with van der Waals surface area (Å²) in [4.78, 5) is 52.5. The van der Waals surface area contributed by atoms with Gasteiger partial charge >= 0.3 is 5.97 Å². The van der Waals surface area contributed by atoms with Crippen LogP contribution in [-0.4, -0.2) is 41.2 Å². The molecule has 0 unspecified atom stereocenters. The number of ether oxygens (including phenoxy) is 1. The fourth-order valence-electron chi connectivity index (χ4n) is 4.64. The van der Waals surface area contributed by atoms with Crippen LogP contribution in [0.1, 0.15) is 33.1 Å². The van der Waals surface area contributed by atoms with E-state index in [-0.39, 0.29) is 24.2 Å². The second-order valence-electron chi connectivity index (χ2n) is 9.03. The van der Waals surface area contributed by atoms with Gasteiger partial charge in [0, 0.05) is 11.1 Å². The van der Waals surface area contributed by atoms with Gasteiger partial charge in [0.1, 0.15) is 6.04 Å². The van der Waals surface area contributed by atoms with Gasteiger partial charge in [-0.15, -0.1) is 0 Å². The van der Waals surface area contributed by atoms with Gasteiger partial charge in [-0.2, -0.15) is 0 Å². The number of hydrogen-bond donors (Lipinski definition) is 1. The number of rotatable bonds is 7. The number of likely N-dealkylation sites (tertiary alicyclic amines) is 1. The SMILES string of the molecule is CC(C)C[C@H](C(=O)OCC(=O)Nc1cccc2ccccc12)N1C(=O)[C@H]2CC=CC[C@H]2C1=O. The molecule has 1 aliphatic heterocycles. The first-order chi connectivity index (χ1) is 15.9. The van der Waals surface area contributed by atoms with Crippen molar-refractivity contribution in [1.82, 2.24) is 4.90 Å². The normalized spacial score (nSPS) is 20.8. The molecule has 1 heterocycles. The molecule has 172 valence electrons. The number of nitrogens with one attached hydrogen (secondary N) is 1. The molecule has 1 fully saturated rings. The minimum atomic E-state index is -1.03. The van der Waals surface area contributed by atoms with E-state index in [4.69, 9.17) is 4.74 Å². The Kier molecular flexibility index (Phi) is 6.58. The van der Waals surface area contributed by atoms with Gasteiger partial charge in [0.05, 0.1) is 11.8 Å². The van der Waals surface area contributed by atoms with Crippen molar-refractivity contribution in [3.8, 4) is 0 Å². The molecule has 0 saturated carbocycles. The fraction of sp³-hybridized carbons (Fsp3) is 0.385. The molecule has 1 saturated heterocycles. The van der Waals surface area contributed by atoms with Crippen LogP contribution in [0.3, 0.4) is 0 Å². The number of nitrogens with zero attached hydrogens (tertiary/aromatic N) is 1. The zero-order valence-corrected chi connectivity index (χ0v) is 18.8. The first kappa shape index (κ1) is 22.7. The molecule has 4 rings (SSSR count). The van der Waals surface area contributed by atoms with Crippen LogP contribution in [0.25, 0.3) is 10.8 Å². The number of fused-ring (bicyclic) bond motifs is 2. The minimum Gasteiger partial charge on any atom is -0.454 e. The van der Waals surface area contributed by atoms with Crippen LogP contribution in [0.2, 0.25) is 0 Å². The molecule has 3 amide bonds. The quantitative estimate of drug-likeness (QED) is 0.396. The Bertz CT molecular complexity index is 1090. The average molecular weight is 449 g/mol. The average Bonchev–Trinajstić information content (AvgIpc) is 3.06. The molecular formula is C26H28N2O5. The van der Waals surface area contributed by atoms with Gasteiger partial charge < -0.3 is 10.1 Å². The van der Waals surface area contributed by atoms with Gasteiger partial charge in [-0.1, -0.05) is 62.4 Å². The summed E-state index contributed by atoms with van der Waals surface area (Å²) in [5.41, 5.74) is 0.620. The molecule has 2 aromatic rings. The Labute approximate surface area is 192 Å². The van der Waals surface area contributed by atoms with E-state index < -0.39 is 36.4 Å². The standard InChI is InChI=1S/C26H28N2O5/c1-16(2)14-22(28-24(30)19-11-5-6-12-20(19)25(28)31)26(32)33-15-23(29)27-21-13-7-9-17-8-3-4-10-18(17)21/h3-10,13,16,19-20,22H,11-12,14-15H2,1-2H3,(H,27,29)/t19-,20+,22-/m1/s1. The van der Waals surface area contributed by atoms with Crippen molar-refractivity contribution in [2.75, 3.05) is 11.9 Å². The van der Waals surface area contributed by atoms with Crippen LogP contribution in [0.15, 0.2) is 54.6 Å². The van der Waals surface area contributed by atoms with Crippen LogP contribution in [-0.2, 0) is 23.9 Å². The third-order valence-electron chi connectivity index (χ3n) is 6.23. The monoisotopic (exact) mass is 448 g/mol. The summed E-state index contributed by atoms with van der Waals surface area (Å²) in [5.74, 6) is -2.65. The van der Waals surface area contributed by atoms with Gasteiger partial charge in [0.25, 0.3) is 5.91 Å². The van der Waals surface area contributed by atoms with Crippen molar-refractivity contribution in [1.29, 1.82) is 0 Å². The number of amides is 3. The number of benzene rings is 2. The predicted octanol–water partition coefficient (Wildman–Crippen LogP) is 3.69. The molecule has 1 aliphatic carbocycles. The van der Waals surface area contributed by atoms with Crippen molar-refractivity contribution in [2.24, 2.45) is 17.8 Å². The molecule has 0 bridgehead atoms. The molecule has 0 aromatic heterocycles. The molecule has 0 radical (unpaired) electrons. The number of esters is 1. The van der Waals surface area contributed by atoms with Crippen molar-refractivity contribution in [2.45, 2.75) is 39.2 Å². The summed E-state index contributed by atoms with van der Waals surface area (Å²) in [6, 6.07) is 12.2. The maximum Gasteiger partial charge on any atom is 0.329 e. The molecule has 3 atom stereocenters. The number of allylic oxidation sites excluding steroid dienone is 2. The highest BCUT2D eigenvalue weighted by molar-refractivity contribution is 6.08.